The second-order valence-electron chi connectivity index (χ2n) is 6.92. The van der Waals surface area contributed by atoms with Gasteiger partial charge in [0, 0.05) is 37.8 Å². The third kappa shape index (κ3) is 4.21. The number of nitrogens with zero attached hydrogens (tertiary/aromatic N) is 2. The molecule has 0 atom stereocenters. The summed E-state index contributed by atoms with van der Waals surface area (Å²) >= 11 is 6.17. The van der Waals surface area contributed by atoms with E-state index in [9.17, 15) is 9.59 Å². The van der Waals surface area contributed by atoms with Crippen molar-refractivity contribution in [3.8, 4) is 17.2 Å². The number of hydrogen-bond acceptors (Lipinski definition) is 5. The number of piperazine rings is 1. The van der Waals surface area contributed by atoms with Gasteiger partial charge in [0.25, 0.3) is 5.91 Å². The fourth-order valence-electron chi connectivity index (χ4n) is 3.40. The van der Waals surface area contributed by atoms with Crippen molar-refractivity contribution in [1.82, 2.24) is 9.80 Å². The molecule has 2 aliphatic rings. The molecule has 2 heterocycles. The van der Waals surface area contributed by atoms with E-state index in [2.05, 4.69) is 0 Å². The minimum atomic E-state index is -0.111. The van der Waals surface area contributed by atoms with Crippen LogP contribution in [0.5, 0.6) is 17.2 Å². The standard InChI is InChI=1S/C22H21ClN2O5/c1-28-17-5-3-16(4-6-17)22(27)25-10-8-24(9-11-25)20(26)7-2-15-12-18(23)21-19(13-15)29-14-30-21/h2-7,12-13H,8-11,14H2,1H3/b7-2+. The summed E-state index contributed by atoms with van der Waals surface area (Å²) in [5.41, 5.74) is 1.36. The lowest BCUT2D eigenvalue weighted by Gasteiger charge is -2.34. The number of benzene rings is 2. The summed E-state index contributed by atoms with van der Waals surface area (Å²) in [6, 6.07) is 10.5. The summed E-state index contributed by atoms with van der Waals surface area (Å²) in [4.78, 5) is 28.7. The molecule has 0 aromatic heterocycles. The quantitative estimate of drug-likeness (QED) is 0.700. The minimum absolute atomic E-state index is 0.0460. The van der Waals surface area contributed by atoms with Gasteiger partial charge in [-0.2, -0.15) is 0 Å². The van der Waals surface area contributed by atoms with Crippen LogP contribution in [0.15, 0.2) is 42.5 Å². The number of fused-ring (bicyclic) bond motifs is 1. The van der Waals surface area contributed by atoms with Crippen molar-refractivity contribution in [3.63, 3.8) is 0 Å². The Bertz CT molecular complexity index is 982. The molecule has 0 spiro atoms. The van der Waals surface area contributed by atoms with Crippen molar-refractivity contribution in [1.29, 1.82) is 0 Å². The van der Waals surface area contributed by atoms with E-state index in [0.29, 0.717) is 54.0 Å². The molecule has 0 unspecified atom stereocenters. The van der Waals surface area contributed by atoms with Crippen LogP contribution in [-0.2, 0) is 4.79 Å². The summed E-state index contributed by atoms with van der Waals surface area (Å²) in [6.45, 7) is 2.07. The SMILES string of the molecule is COc1ccc(C(=O)N2CCN(C(=O)/C=C/c3cc(Cl)c4c(c3)OCO4)CC2)cc1. The van der Waals surface area contributed by atoms with Crippen LogP contribution in [0.3, 0.4) is 0 Å². The van der Waals surface area contributed by atoms with E-state index in [-0.39, 0.29) is 18.6 Å². The van der Waals surface area contributed by atoms with Crippen molar-refractivity contribution in [2.24, 2.45) is 0 Å². The normalized spacial score (nSPS) is 15.5. The number of ether oxygens (including phenoxy) is 3. The first-order chi connectivity index (χ1) is 14.5. The zero-order valence-corrected chi connectivity index (χ0v) is 17.2. The predicted molar refractivity (Wildman–Crippen MR) is 112 cm³/mol. The van der Waals surface area contributed by atoms with Gasteiger partial charge in [0.1, 0.15) is 5.75 Å². The molecule has 156 valence electrons. The molecule has 0 radical (unpaired) electrons. The molecule has 2 aromatic rings. The van der Waals surface area contributed by atoms with Crippen molar-refractivity contribution >= 4 is 29.5 Å². The summed E-state index contributed by atoms with van der Waals surface area (Å²) in [7, 11) is 1.59. The number of rotatable bonds is 4. The zero-order valence-electron chi connectivity index (χ0n) is 16.5. The maximum atomic E-state index is 12.6. The first-order valence-corrected chi connectivity index (χ1v) is 9.92. The molecule has 0 saturated carbocycles. The molecule has 0 N–H and O–H groups in total. The fraction of sp³-hybridized carbons (Fsp3) is 0.273. The Balaban J connectivity index is 1.33. The number of halogens is 1. The highest BCUT2D eigenvalue weighted by Crippen LogP contribution is 2.40. The Morgan fingerprint density at radius 3 is 2.43 bits per heavy atom. The van der Waals surface area contributed by atoms with Crippen LogP contribution in [0.4, 0.5) is 0 Å². The highest BCUT2D eigenvalue weighted by Gasteiger charge is 2.24. The molecule has 4 rings (SSSR count). The lowest BCUT2D eigenvalue weighted by atomic mass is 10.1. The van der Waals surface area contributed by atoms with E-state index in [1.165, 1.54) is 6.08 Å². The van der Waals surface area contributed by atoms with Gasteiger partial charge in [-0.15, -0.1) is 0 Å². The van der Waals surface area contributed by atoms with Crippen molar-refractivity contribution in [2.45, 2.75) is 0 Å². The highest BCUT2D eigenvalue weighted by atomic mass is 35.5. The molecule has 30 heavy (non-hydrogen) atoms. The van der Waals surface area contributed by atoms with E-state index in [4.69, 9.17) is 25.8 Å². The summed E-state index contributed by atoms with van der Waals surface area (Å²) in [5.74, 6) is 1.64. The van der Waals surface area contributed by atoms with Gasteiger partial charge >= 0.3 is 0 Å². The largest absolute Gasteiger partial charge is 0.497 e. The van der Waals surface area contributed by atoms with Crippen LogP contribution >= 0.6 is 11.6 Å². The van der Waals surface area contributed by atoms with Crippen LogP contribution in [0.2, 0.25) is 5.02 Å². The Morgan fingerprint density at radius 2 is 1.73 bits per heavy atom. The molecular formula is C22H21ClN2O5. The summed E-state index contributed by atoms with van der Waals surface area (Å²) in [6.07, 6.45) is 3.21. The molecule has 1 fully saturated rings. The monoisotopic (exact) mass is 428 g/mol. The van der Waals surface area contributed by atoms with Crippen molar-refractivity contribution in [3.05, 3.63) is 58.6 Å². The van der Waals surface area contributed by atoms with Gasteiger partial charge in [0.05, 0.1) is 12.1 Å². The molecule has 2 aliphatic heterocycles. The number of carbonyl (C=O) groups excluding carboxylic acids is 2. The van der Waals surface area contributed by atoms with Gasteiger partial charge in [-0.05, 0) is 48.0 Å². The number of amides is 2. The molecule has 0 aliphatic carbocycles. The number of methoxy groups -OCH3 is 1. The average molecular weight is 429 g/mol. The van der Waals surface area contributed by atoms with Gasteiger partial charge in [-0.3, -0.25) is 9.59 Å². The zero-order chi connectivity index (χ0) is 21.1. The second kappa shape index (κ2) is 8.67. The first kappa shape index (κ1) is 20.1. The molecule has 2 aromatic carbocycles. The van der Waals surface area contributed by atoms with Crippen LogP contribution in [0.25, 0.3) is 6.08 Å². The minimum Gasteiger partial charge on any atom is -0.497 e. The van der Waals surface area contributed by atoms with Gasteiger partial charge in [0.15, 0.2) is 11.5 Å². The first-order valence-electron chi connectivity index (χ1n) is 9.54. The lowest BCUT2D eigenvalue weighted by molar-refractivity contribution is -0.127. The summed E-state index contributed by atoms with van der Waals surface area (Å²) in [5, 5.41) is 0.447. The third-order valence-corrected chi connectivity index (χ3v) is 5.36. The van der Waals surface area contributed by atoms with E-state index in [1.54, 1.807) is 59.4 Å². The van der Waals surface area contributed by atoms with E-state index in [1.807, 2.05) is 0 Å². The van der Waals surface area contributed by atoms with Crippen LogP contribution in [-0.4, -0.2) is 61.7 Å². The molecule has 8 heteroatoms. The average Bonchev–Trinajstić information content (AvgIpc) is 3.26. The number of hydrogen-bond donors (Lipinski definition) is 0. The maximum absolute atomic E-state index is 12.6. The van der Waals surface area contributed by atoms with Crippen molar-refractivity contribution < 1.29 is 23.8 Å². The van der Waals surface area contributed by atoms with Crippen molar-refractivity contribution in [2.75, 3.05) is 40.1 Å². The smallest absolute Gasteiger partial charge is 0.253 e. The molecular weight excluding hydrogens is 408 g/mol. The van der Waals surface area contributed by atoms with E-state index < -0.39 is 0 Å². The molecule has 0 bridgehead atoms. The lowest BCUT2D eigenvalue weighted by Crippen LogP contribution is -2.50. The topological polar surface area (TPSA) is 68.3 Å². The van der Waals surface area contributed by atoms with Gasteiger partial charge in [0.2, 0.25) is 12.7 Å². The van der Waals surface area contributed by atoms with Crippen LogP contribution in [0, 0.1) is 0 Å². The van der Waals surface area contributed by atoms with Gasteiger partial charge in [-0.1, -0.05) is 11.6 Å². The summed E-state index contributed by atoms with van der Waals surface area (Å²) < 4.78 is 15.8. The van der Waals surface area contributed by atoms with Gasteiger partial charge < -0.3 is 24.0 Å². The Kier molecular flexibility index (Phi) is 5.81. The Labute approximate surface area is 179 Å². The maximum Gasteiger partial charge on any atom is 0.253 e. The van der Waals surface area contributed by atoms with Gasteiger partial charge in [-0.25, -0.2) is 0 Å². The predicted octanol–water partition coefficient (Wildman–Crippen LogP) is 3.08. The van der Waals surface area contributed by atoms with E-state index in [0.717, 1.165) is 5.56 Å². The molecule has 2 amide bonds. The Morgan fingerprint density at radius 1 is 1.03 bits per heavy atom. The Hall–Kier alpha value is -3.19. The van der Waals surface area contributed by atoms with E-state index >= 15 is 0 Å². The molecule has 1 saturated heterocycles. The third-order valence-electron chi connectivity index (χ3n) is 5.08. The van der Waals surface area contributed by atoms with Crippen LogP contribution < -0.4 is 14.2 Å². The fourth-order valence-corrected chi connectivity index (χ4v) is 3.68. The van der Waals surface area contributed by atoms with Crippen LogP contribution in [0.1, 0.15) is 15.9 Å². The highest BCUT2D eigenvalue weighted by molar-refractivity contribution is 6.32. The second-order valence-corrected chi connectivity index (χ2v) is 7.32. The number of carbonyl (C=O) groups is 2. The molecule has 7 nitrogen and oxygen atoms in total.